The van der Waals surface area contributed by atoms with Crippen molar-refractivity contribution in [1.82, 2.24) is 5.32 Å². The minimum absolute atomic E-state index is 0. The van der Waals surface area contributed by atoms with E-state index < -0.39 is 20.5 Å². The molecule has 7 heteroatoms. The zero-order valence-corrected chi connectivity index (χ0v) is 12.0. The van der Waals surface area contributed by atoms with Gasteiger partial charge in [0.25, 0.3) is 0 Å². The molecule has 0 spiro atoms. The molecule has 0 heterocycles. The molecule has 1 saturated carbocycles. The topological polar surface area (TPSA) is 89.3 Å². The smallest absolute Gasteiger partial charge is 0.240 e. The fourth-order valence-corrected chi connectivity index (χ4v) is 1.69. The Bertz CT molecular complexity index is 377. The summed E-state index contributed by atoms with van der Waals surface area (Å²) < 4.78 is 21.4. The zero-order valence-electron chi connectivity index (χ0n) is 10.4. The lowest BCUT2D eigenvalue weighted by atomic mass is 10.1. The first-order chi connectivity index (χ1) is 7.16. The van der Waals surface area contributed by atoms with E-state index in [-0.39, 0.29) is 18.4 Å². The maximum absolute atomic E-state index is 11.7. The molecule has 3 N–H and O–H groups in total. The average molecular weight is 285 g/mol. The number of halogens is 1. The zero-order chi connectivity index (χ0) is 12.6. The Balaban J connectivity index is 0.00000256. The van der Waals surface area contributed by atoms with Gasteiger partial charge in [-0.2, -0.15) is 0 Å². The number of hydrogen-bond acceptors (Lipinski definition) is 4. The van der Waals surface area contributed by atoms with E-state index in [2.05, 4.69) is 5.32 Å². The van der Waals surface area contributed by atoms with Crippen LogP contribution in [-0.2, 0) is 14.6 Å². The van der Waals surface area contributed by atoms with Crippen LogP contribution >= 0.6 is 12.4 Å². The lowest BCUT2D eigenvalue weighted by Gasteiger charge is -2.22. The van der Waals surface area contributed by atoms with E-state index in [1.807, 2.05) is 0 Å². The molecule has 1 aliphatic carbocycles. The maximum atomic E-state index is 11.7. The highest BCUT2D eigenvalue weighted by molar-refractivity contribution is 7.92. The van der Waals surface area contributed by atoms with Gasteiger partial charge in [0.05, 0.1) is 0 Å². The highest BCUT2D eigenvalue weighted by Gasteiger charge is 2.39. The minimum atomic E-state index is -3.41. The lowest BCUT2D eigenvalue weighted by Crippen LogP contribution is -2.50. The molecule has 5 nitrogen and oxygen atoms in total. The Morgan fingerprint density at radius 1 is 1.47 bits per heavy atom. The van der Waals surface area contributed by atoms with E-state index in [0.29, 0.717) is 12.5 Å². The Kier molecular flexibility index (Phi) is 5.43. The third kappa shape index (κ3) is 4.12. The Hall–Kier alpha value is -0.330. The fraction of sp³-hybridized carbons (Fsp3) is 0.900. The Morgan fingerprint density at radius 3 is 2.29 bits per heavy atom. The third-order valence-electron chi connectivity index (χ3n) is 3.20. The van der Waals surface area contributed by atoms with E-state index in [4.69, 9.17) is 5.73 Å². The number of carbonyl (C=O) groups excluding carboxylic acids is 1. The van der Waals surface area contributed by atoms with Crippen LogP contribution in [0, 0.1) is 5.92 Å². The van der Waals surface area contributed by atoms with E-state index >= 15 is 0 Å². The second-order valence-corrected chi connectivity index (χ2v) is 7.56. The number of sulfone groups is 1. The van der Waals surface area contributed by atoms with Gasteiger partial charge in [-0.15, -0.1) is 12.4 Å². The van der Waals surface area contributed by atoms with Gasteiger partial charge in [0, 0.05) is 18.8 Å². The van der Waals surface area contributed by atoms with Crippen LogP contribution in [0.15, 0.2) is 0 Å². The molecule has 0 bridgehead atoms. The molecule has 0 aromatic heterocycles. The molecule has 1 fully saturated rings. The van der Waals surface area contributed by atoms with Gasteiger partial charge in [0.2, 0.25) is 5.91 Å². The van der Waals surface area contributed by atoms with Gasteiger partial charge in [0.15, 0.2) is 9.84 Å². The molecule has 1 unspecified atom stereocenters. The minimum Gasteiger partial charge on any atom is -0.353 e. The highest BCUT2D eigenvalue weighted by Crippen LogP contribution is 2.31. The predicted octanol–water partition coefficient (Wildman–Crippen LogP) is 0.0849. The van der Waals surface area contributed by atoms with Crippen molar-refractivity contribution in [3.63, 3.8) is 0 Å². The molecule has 1 rings (SSSR count). The number of rotatable bonds is 5. The molecule has 1 atom stereocenters. The maximum Gasteiger partial charge on any atom is 0.240 e. The van der Waals surface area contributed by atoms with Gasteiger partial charge in [-0.1, -0.05) is 0 Å². The van der Waals surface area contributed by atoms with Crippen LogP contribution in [-0.4, -0.2) is 37.9 Å². The van der Waals surface area contributed by atoms with Crippen LogP contribution in [0.2, 0.25) is 0 Å². The summed E-state index contributed by atoms with van der Waals surface area (Å²) in [6.07, 6.45) is 3.27. The number of amides is 1. The van der Waals surface area contributed by atoms with Crippen LogP contribution in [0.25, 0.3) is 0 Å². The van der Waals surface area contributed by atoms with Crippen molar-refractivity contribution >= 4 is 28.2 Å². The summed E-state index contributed by atoms with van der Waals surface area (Å²) in [5.41, 5.74) is 5.82. The molecule has 0 radical (unpaired) electrons. The first kappa shape index (κ1) is 16.7. The second-order valence-electron chi connectivity index (χ2n) is 4.99. The van der Waals surface area contributed by atoms with Crippen LogP contribution in [0.4, 0.5) is 0 Å². The number of hydrogen-bond donors (Lipinski definition) is 2. The summed E-state index contributed by atoms with van der Waals surface area (Å²) in [4.78, 5) is 11.7. The van der Waals surface area contributed by atoms with Gasteiger partial charge in [0.1, 0.15) is 4.75 Å². The summed E-state index contributed by atoms with van der Waals surface area (Å²) in [5.74, 6) is 0.00717. The van der Waals surface area contributed by atoms with Crippen LogP contribution in [0.1, 0.15) is 26.7 Å². The molecular weight excluding hydrogens is 264 g/mol. The summed E-state index contributed by atoms with van der Waals surface area (Å²) in [6, 6.07) is -0.0562. The summed E-state index contributed by atoms with van der Waals surface area (Å²) >= 11 is 0. The largest absolute Gasteiger partial charge is 0.353 e. The monoisotopic (exact) mass is 284 g/mol. The number of carbonyl (C=O) groups is 1. The molecular formula is C10H21ClN2O3S. The van der Waals surface area contributed by atoms with Crippen LogP contribution in [0.5, 0.6) is 0 Å². The molecule has 0 saturated heterocycles. The van der Waals surface area contributed by atoms with Gasteiger partial charge in [-0.25, -0.2) is 8.42 Å². The molecule has 102 valence electrons. The van der Waals surface area contributed by atoms with Crippen molar-refractivity contribution in [3.05, 3.63) is 0 Å². The van der Waals surface area contributed by atoms with E-state index in [1.165, 1.54) is 13.8 Å². The summed E-state index contributed by atoms with van der Waals surface area (Å²) in [6.45, 7) is 3.16. The molecule has 0 aromatic carbocycles. The van der Waals surface area contributed by atoms with Crippen molar-refractivity contribution in [1.29, 1.82) is 0 Å². The predicted molar refractivity (Wildman–Crippen MR) is 69.9 cm³/mol. The normalized spacial score (nSPS) is 18.1. The van der Waals surface area contributed by atoms with Crippen LogP contribution in [0.3, 0.4) is 0 Å². The van der Waals surface area contributed by atoms with Gasteiger partial charge in [-0.3, -0.25) is 4.79 Å². The highest BCUT2D eigenvalue weighted by atomic mass is 35.5. The molecule has 17 heavy (non-hydrogen) atoms. The van der Waals surface area contributed by atoms with Crippen molar-refractivity contribution in [2.45, 2.75) is 37.5 Å². The van der Waals surface area contributed by atoms with Crippen molar-refractivity contribution in [3.8, 4) is 0 Å². The first-order valence-electron chi connectivity index (χ1n) is 5.39. The van der Waals surface area contributed by atoms with Crippen LogP contribution < -0.4 is 11.1 Å². The van der Waals surface area contributed by atoms with Gasteiger partial charge >= 0.3 is 0 Å². The quantitative estimate of drug-likeness (QED) is 0.748. The van der Waals surface area contributed by atoms with E-state index in [0.717, 1.165) is 19.1 Å². The second kappa shape index (κ2) is 5.54. The van der Waals surface area contributed by atoms with Gasteiger partial charge < -0.3 is 11.1 Å². The van der Waals surface area contributed by atoms with E-state index in [9.17, 15) is 13.2 Å². The van der Waals surface area contributed by atoms with Crippen molar-refractivity contribution < 1.29 is 13.2 Å². The van der Waals surface area contributed by atoms with Crippen molar-refractivity contribution in [2.24, 2.45) is 11.7 Å². The van der Waals surface area contributed by atoms with Crippen molar-refractivity contribution in [2.75, 3.05) is 12.8 Å². The number of nitrogens with two attached hydrogens (primary N) is 1. The standard InChI is InChI=1S/C10H20N2O3S.ClH/c1-10(2,16(3,14)15)9(13)12-6-8(11)7-4-5-7;/h7-8H,4-6,11H2,1-3H3,(H,12,13);1H. The van der Waals surface area contributed by atoms with E-state index in [1.54, 1.807) is 0 Å². The average Bonchev–Trinajstić information content (AvgIpc) is 2.94. The Morgan fingerprint density at radius 2 is 1.94 bits per heavy atom. The summed E-state index contributed by atoms with van der Waals surface area (Å²) in [5, 5.41) is 2.61. The first-order valence-corrected chi connectivity index (χ1v) is 7.29. The van der Waals surface area contributed by atoms with Gasteiger partial charge in [-0.05, 0) is 32.6 Å². The fourth-order valence-electron chi connectivity index (χ4n) is 1.28. The Labute approximate surface area is 109 Å². The number of nitrogens with one attached hydrogen (secondary N) is 1. The molecule has 0 aromatic rings. The molecule has 1 amide bonds. The third-order valence-corrected chi connectivity index (χ3v) is 5.24. The lowest BCUT2D eigenvalue weighted by molar-refractivity contribution is -0.122. The molecule has 1 aliphatic rings. The SMILES string of the molecule is CC(C)(C(=O)NCC(N)C1CC1)S(C)(=O)=O.Cl. The molecule has 0 aliphatic heterocycles. The summed E-state index contributed by atoms with van der Waals surface area (Å²) in [7, 11) is -3.41.